The van der Waals surface area contributed by atoms with E-state index in [1.807, 2.05) is 0 Å². The van der Waals surface area contributed by atoms with Gasteiger partial charge in [0.15, 0.2) is 6.10 Å². The van der Waals surface area contributed by atoms with Crippen LogP contribution in [0.4, 0.5) is 0 Å². The summed E-state index contributed by atoms with van der Waals surface area (Å²) in [6.07, 6.45) is -6.09. The molecule has 12 nitrogen and oxygen atoms in total. The van der Waals surface area contributed by atoms with Gasteiger partial charge in [-0.25, -0.2) is 9.59 Å². The molecule has 3 aliphatic rings. The minimum absolute atomic E-state index is 0.105. The minimum Gasteiger partial charge on any atom is -0.465 e. The molecular formula is C35H40O12. The number of carbonyl (C=O) groups is 4. The van der Waals surface area contributed by atoms with Crippen molar-refractivity contribution in [2.75, 3.05) is 6.61 Å². The molecule has 2 bridgehead atoms. The molecule has 0 aromatic heterocycles. The van der Waals surface area contributed by atoms with E-state index in [1.54, 1.807) is 62.4 Å². The summed E-state index contributed by atoms with van der Waals surface area (Å²) in [6.45, 7) is 5.97. The van der Waals surface area contributed by atoms with Crippen molar-refractivity contribution in [2.45, 2.75) is 88.4 Å². The summed E-state index contributed by atoms with van der Waals surface area (Å²) in [5.74, 6) is -4.59. The second kappa shape index (κ2) is 12.5. The zero-order chi connectivity index (χ0) is 34.4. The maximum atomic E-state index is 13.7. The lowest BCUT2D eigenvalue weighted by molar-refractivity contribution is -0.362. The molecule has 2 aromatic rings. The number of carbonyl (C=O) groups excluding carboxylic acids is 4. The van der Waals surface area contributed by atoms with E-state index in [2.05, 4.69) is 0 Å². The summed E-state index contributed by atoms with van der Waals surface area (Å²) in [5.41, 5.74) is -7.17. The van der Waals surface area contributed by atoms with E-state index >= 15 is 0 Å². The maximum absolute atomic E-state index is 13.7. The van der Waals surface area contributed by atoms with E-state index in [4.69, 9.17) is 23.7 Å². The molecule has 1 spiro atoms. The highest BCUT2D eigenvalue weighted by atomic mass is 16.6. The van der Waals surface area contributed by atoms with Crippen molar-refractivity contribution in [3.63, 3.8) is 0 Å². The Labute approximate surface area is 272 Å². The fourth-order valence-corrected chi connectivity index (χ4v) is 7.95. The Kier molecular flexibility index (Phi) is 9.10. The maximum Gasteiger partial charge on any atom is 0.338 e. The SMILES string of the molecule is CC(=O)OCC12C(OC(=O)C=Cc3ccccc3)C(OC(C)=O)CC(C)(O)C13OC(C)(C)C(C(O)C2OC(=O)c1ccccc1)C3O. The van der Waals surface area contributed by atoms with Gasteiger partial charge >= 0.3 is 23.9 Å². The molecule has 9 atom stereocenters. The number of fused-ring (bicyclic) bond motifs is 1. The van der Waals surface area contributed by atoms with E-state index in [1.165, 1.54) is 25.1 Å². The Morgan fingerprint density at radius 2 is 1.49 bits per heavy atom. The highest BCUT2D eigenvalue weighted by Gasteiger charge is 2.87. The Balaban J connectivity index is 1.75. The van der Waals surface area contributed by atoms with Crippen molar-refractivity contribution in [3.8, 4) is 0 Å². The first kappa shape index (κ1) is 34.2. The largest absolute Gasteiger partial charge is 0.465 e. The summed E-state index contributed by atoms with van der Waals surface area (Å²) in [4.78, 5) is 52.2. The molecule has 252 valence electrons. The van der Waals surface area contributed by atoms with Gasteiger partial charge in [0.25, 0.3) is 0 Å². The van der Waals surface area contributed by atoms with Crippen molar-refractivity contribution in [3.05, 3.63) is 77.9 Å². The number of ether oxygens (including phenoxy) is 5. The van der Waals surface area contributed by atoms with Gasteiger partial charge in [-0.05, 0) is 44.5 Å². The lowest BCUT2D eigenvalue weighted by atomic mass is 9.46. The summed E-state index contributed by atoms with van der Waals surface area (Å²) in [5, 5.41) is 36.5. The van der Waals surface area contributed by atoms with Crippen LogP contribution in [-0.4, -0.2) is 93.1 Å². The Morgan fingerprint density at radius 1 is 0.872 bits per heavy atom. The third-order valence-electron chi connectivity index (χ3n) is 9.63. The first-order valence-electron chi connectivity index (χ1n) is 15.4. The topological polar surface area (TPSA) is 175 Å². The molecule has 0 radical (unpaired) electrons. The Morgan fingerprint density at radius 3 is 2.09 bits per heavy atom. The predicted molar refractivity (Wildman–Crippen MR) is 164 cm³/mol. The zero-order valence-electron chi connectivity index (χ0n) is 26.8. The molecule has 3 N–H and O–H groups in total. The van der Waals surface area contributed by atoms with Gasteiger partial charge in [0.05, 0.1) is 22.9 Å². The number of esters is 4. The number of aliphatic hydroxyl groups is 3. The van der Waals surface area contributed by atoms with Crippen molar-refractivity contribution in [2.24, 2.45) is 11.3 Å². The number of aliphatic hydroxyl groups excluding tert-OH is 2. The van der Waals surface area contributed by atoms with E-state index < -0.39 is 95.6 Å². The molecule has 9 unspecified atom stereocenters. The van der Waals surface area contributed by atoms with Gasteiger partial charge in [-0.2, -0.15) is 0 Å². The quantitative estimate of drug-likeness (QED) is 0.216. The second-order valence-electron chi connectivity index (χ2n) is 13.1. The molecule has 2 aliphatic carbocycles. The average Bonchev–Trinajstić information content (AvgIpc) is 3.19. The Hall–Kier alpha value is -4.10. The van der Waals surface area contributed by atoms with Gasteiger partial charge in [-0.15, -0.1) is 0 Å². The van der Waals surface area contributed by atoms with Crippen molar-refractivity contribution < 1.29 is 58.2 Å². The number of benzene rings is 2. The van der Waals surface area contributed by atoms with Gasteiger partial charge < -0.3 is 39.0 Å². The van der Waals surface area contributed by atoms with Crippen molar-refractivity contribution in [1.29, 1.82) is 0 Å². The van der Waals surface area contributed by atoms with Gasteiger partial charge in [-0.3, -0.25) is 9.59 Å². The molecule has 12 heteroatoms. The van der Waals surface area contributed by atoms with E-state index in [0.717, 1.165) is 19.9 Å². The van der Waals surface area contributed by atoms with E-state index in [9.17, 15) is 34.5 Å². The highest BCUT2D eigenvalue weighted by molar-refractivity contribution is 5.89. The number of hydrogen-bond acceptors (Lipinski definition) is 12. The van der Waals surface area contributed by atoms with Crippen LogP contribution < -0.4 is 0 Å². The fraction of sp³-hybridized carbons (Fsp3) is 0.486. The van der Waals surface area contributed by atoms with Crippen LogP contribution in [0.25, 0.3) is 6.08 Å². The predicted octanol–water partition coefficient (Wildman–Crippen LogP) is 2.37. The summed E-state index contributed by atoms with van der Waals surface area (Å²) >= 11 is 0. The van der Waals surface area contributed by atoms with Crippen LogP contribution >= 0.6 is 0 Å². The highest BCUT2D eigenvalue weighted by Crippen LogP contribution is 2.68. The van der Waals surface area contributed by atoms with Gasteiger partial charge in [0, 0.05) is 32.3 Å². The summed E-state index contributed by atoms with van der Waals surface area (Å²) in [6, 6.07) is 16.7. The first-order valence-corrected chi connectivity index (χ1v) is 15.4. The van der Waals surface area contributed by atoms with Crippen LogP contribution in [0.15, 0.2) is 66.7 Å². The first-order chi connectivity index (χ1) is 22.1. The van der Waals surface area contributed by atoms with Crippen molar-refractivity contribution >= 4 is 30.0 Å². The lowest BCUT2D eigenvalue weighted by Gasteiger charge is -2.66. The molecule has 1 saturated heterocycles. The van der Waals surface area contributed by atoms with Crippen LogP contribution in [0.3, 0.4) is 0 Å². The normalized spacial score (nSPS) is 35.4. The lowest BCUT2D eigenvalue weighted by Crippen LogP contribution is -2.85. The van der Waals surface area contributed by atoms with Crippen LogP contribution in [-0.2, 0) is 38.1 Å². The molecule has 3 fully saturated rings. The van der Waals surface area contributed by atoms with Crippen molar-refractivity contribution in [1.82, 2.24) is 0 Å². The minimum atomic E-state index is -2.25. The molecular weight excluding hydrogens is 612 g/mol. The van der Waals surface area contributed by atoms with Crippen LogP contribution in [0, 0.1) is 11.3 Å². The molecule has 5 rings (SSSR count). The van der Waals surface area contributed by atoms with Gasteiger partial charge in [0.1, 0.15) is 35.9 Å². The van der Waals surface area contributed by atoms with Crippen LogP contribution in [0.5, 0.6) is 0 Å². The Bertz CT molecular complexity index is 1540. The number of hydrogen-bond donors (Lipinski definition) is 3. The molecule has 1 aliphatic heterocycles. The summed E-state index contributed by atoms with van der Waals surface area (Å²) < 4.78 is 30.0. The van der Waals surface area contributed by atoms with E-state index in [-0.39, 0.29) is 5.56 Å². The van der Waals surface area contributed by atoms with E-state index in [0.29, 0.717) is 5.56 Å². The monoisotopic (exact) mass is 652 g/mol. The van der Waals surface area contributed by atoms with Gasteiger partial charge in [0.2, 0.25) is 0 Å². The van der Waals surface area contributed by atoms with Crippen LogP contribution in [0.1, 0.15) is 57.0 Å². The molecule has 47 heavy (non-hydrogen) atoms. The third-order valence-corrected chi connectivity index (χ3v) is 9.63. The van der Waals surface area contributed by atoms with Gasteiger partial charge in [-0.1, -0.05) is 48.5 Å². The second-order valence-corrected chi connectivity index (χ2v) is 13.1. The third kappa shape index (κ3) is 5.73. The molecule has 0 amide bonds. The summed E-state index contributed by atoms with van der Waals surface area (Å²) in [7, 11) is 0. The molecule has 1 heterocycles. The van der Waals surface area contributed by atoms with Crippen LogP contribution in [0.2, 0.25) is 0 Å². The molecule has 2 saturated carbocycles. The standard InChI is InChI=1S/C35H40O12/c1-20(36)43-19-34-29(45-25(38)17-16-22-12-8-6-9-13-22)24(44-21(2)37)18-33(5,42)35(34)28(40)26(32(3,4)47-35)27(39)30(34)46-31(41)23-14-10-7-11-15-23/h6-17,24,26-30,39-40,42H,18-19H2,1-5H3. The number of rotatable bonds is 8. The zero-order valence-corrected chi connectivity index (χ0v) is 26.8. The fourth-order valence-electron chi connectivity index (χ4n) is 7.95. The molecule has 2 aromatic carbocycles. The smallest absolute Gasteiger partial charge is 0.338 e. The average molecular weight is 653 g/mol.